The van der Waals surface area contributed by atoms with Crippen LogP contribution in [0.15, 0.2) is 35.7 Å². The molecular formula is C16H21N3OS. The van der Waals surface area contributed by atoms with Gasteiger partial charge in [-0.15, -0.1) is 11.3 Å². The highest BCUT2D eigenvalue weighted by atomic mass is 32.1. The van der Waals surface area contributed by atoms with Crippen LogP contribution in [0.1, 0.15) is 32.0 Å². The van der Waals surface area contributed by atoms with E-state index in [0.717, 1.165) is 18.7 Å². The molecule has 1 fully saturated rings. The van der Waals surface area contributed by atoms with Gasteiger partial charge in [-0.05, 0) is 26.0 Å². The molecule has 0 spiro atoms. The zero-order valence-corrected chi connectivity index (χ0v) is 13.2. The molecule has 0 bridgehead atoms. The topological polar surface area (TPSA) is 51.4 Å². The van der Waals surface area contributed by atoms with Crippen LogP contribution >= 0.6 is 11.3 Å². The molecule has 2 aromatic rings. The SMILES string of the molecule is CC(C)O[C@@H]1C[C@H](c2csc(N)n2)N(c2ccccc2)C1. The fourth-order valence-corrected chi connectivity index (χ4v) is 3.53. The Kier molecular flexibility index (Phi) is 4.12. The quantitative estimate of drug-likeness (QED) is 0.939. The molecule has 2 N–H and O–H groups in total. The van der Waals surface area contributed by atoms with E-state index < -0.39 is 0 Å². The first kappa shape index (κ1) is 14.4. The van der Waals surface area contributed by atoms with E-state index in [0.29, 0.717) is 5.13 Å². The van der Waals surface area contributed by atoms with Gasteiger partial charge in [-0.25, -0.2) is 4.98 Å². The van der Waals surface area contributed by atoms with Crippen LogP contribution in [-0.4, -0.2) is 23.7 Å². The highest BCUT2D eigenvalue weighted by Gasteiger charge is 2.35. The number of thiazole rings is 1. The molecule has 0 unspecified atom stereocenters. The Morgan fingerprint density at radius 2 is 2.10 bits per heavy atom. The molecule has 112 valence electrons. The van der Waals surface area contributed by atoms with Crippen LogP contribution in [0.25, 0.3) is 0 Å². The molecule has 3 rings (SSSR count). The minimum Gasteiger partial charge on any atom is -0.375 e. The van der Waals surface area contributed by atoms with Crippen molar-refractivity contribution in [2.75, 3.05) is 17.2 Å². The van der Waals surface area contributed by atoms with Crippen molar-refractivity contribution >= 4 is 22.2 Å². The fraction of sp³-hybridized carbons (Fsp3) is 0.438. The van der Waals surface area contributed by atoms with Gasteiger partial charge in [0.25, 0.3) is 0 Å². The molecule has 1 aromatic heterocycles. The van der Waals surface area contributed by atoms with Crippen molar-refractivity contribution in [2.24, 2.45) is 0 Å². The van der Waals surface area contributed by atoms with Crippen molar-refractivity contribution in [2.45, 2.75) is 38.5 Å². The minimum atomic E-state index is 0.234. The van der Waals surface area contributed by atoms with Crippen molar-refractivity contribution in [3.8, 4) is 0 Å². The normalized spacial score (nSPS) is 22.1. The zero-order valence-electron chi connectivity index (χ0n) is 12.4. The number of ether oxygens (including phenoxy) is 1. The number of aromatic nitrogens is 1. The lowest BCUT2D eigenvalue weighted by molar-refractivity contribution is 0.0193. The molecule has 21 heavy (non-hydrogen) atoms. The van der Waals surface area contributed by atoms with Crippen LogP contribution in [0.5, 0.6) is 0 Å². The first-order valence-electron chi connectivity index (χ1n) is 7.31. The molecule has 4 nitrogen and oxygen atoms in total. The lowest BCUT2D eigenvalue weighted by Gasteiger charge is -2.25. The molecule has 5 heteroatoms. The summed E-state index contributed by atoms with van der Waals surface area (Å²) in [5.41, 5.74) is 8.07. The Balaban J connectivity index is 1.87. The second-order valence-electron chi connectivity index (χ2n) is 5.66. The predicted octanol–water partition coefficient (Wildman–Crippen LogP) is 3.47. The standard InChI is InChI=1S/C16H21N3OS/c1-11(2)20-13-8-15(14-10-21-16(17)18-14)19(9-13)12-6-4-3-5-7-12/h3-7,10-11,13,15H,8-9H2,1-2H3,(H2,17,18)/t13-,15-/m1/s1. The molecule has 0 amide bonds. The van der Waals surface area contributed by atoms with E-state index in [-0.39, 0.29) is 18.2 Å². The number of hydrogen-bond donors (Lipinski definition) is 1. The molecule has 0 saturated carbocycles. The summed E-state index contributed by atoms with van der Waals surface area (Å²) in [4.78, 5) is 6.86. The summed E-state index contributed by atoms with van der Waals surface area (Å²) >= 11 is 1.50. The third-order valence-electron chi connectivity index (χ3n) is 3.70. The predicted molar refractivity (Wildman–Crippen MR) is 87.7 cm³/mol. The van der Waals surface area contributed by atoms with Crippen LogP contribution in [0.3, 0.4) is 0 Å². The van der Waals surface area contributed by atoms with Gasteiger partial charge >= 0.3 is 0 Å². The molecule has 1 aliphatic rings. The molecule has 1 saturated heterocycles. The van der Waals surface area contributed by atoms with Gasteiger partial charge in [0.1, 0.15) is 0 Å². The van der Waals surface area contributed by atoms with Crippen molar-refractivity contribution in [1.82, 2.24) is 4.98 Å². The summed E-state index contributed by atoms with van der Waals surface area (Å²) in [5, 5.41) is 2.69. The van der Waals surface area contributed by atoms with E-state index >= 15 is 0 Å². The monoisotopic (exact) mass is 303 g/mol. The highest BCUT2D eigenvalue weighted by Crippen LogP contribution is 2.38. The van der Waals surface area contributed by atoms with Crippen LogP contribution in [0.2, 0.25) is 0 Å². The number of benzene rings is 1. The van der Waals surface area contributed by atoms with Crippen molar-refractivity contribution in [1.29, 1.82) is 0 Å². The van der Waals surface area contributed by atoms with E-state index in [1.54, 1.807) is 0 Å². The van der Waals surface area contributed by atoms with Gasteiger partial charge in [-0.3, -0.25) is 0 Å². The lowest BCUT2D eigenvalue weighted by atomic mass is 10.1. The molecule has 0 aliphatic carbocycles. The van der Waals surface area contributed by atoms with Crippen LogP contribution in [0.4, 0.5) is 10.8 Å². The molecule has 1 aliphatic heterocycles. The van der Waals surface area contributed by atoms with Crippen LogP contribution in [-0.2, 0) is 4.74 Å². The van der Waals surface area contributed by atoms with Crippen LogP contribution in [0, 0.1) is 0 Å². The molecule has 2 atom stereocenters. The Morgan fingerprint density at radius 3 is 2.71 bits per heavy atom. The van der Waals surface area contributed by atoms with Crippen molar-refractivity contribution in [3.63, 3.8) is 0 Å². The van der Waals surface area contributed by atoms with E-state index in [4.69, 9.17) is 10.5 Å². The average molecular weight is 303 g/mol. The van der Waals surface area contributed by atoms with Crippen molar-refractivity contribution in [3.05, 3.63) is 41.4 Å². The van der Waals surface area contributed by atoms with E-state index in [1.807, 2.05) is 6.07 Å². The van der Waals surface area contributed by atoms with E-state index in [9.17, 15) is 0 Å². The fourth-order valence-electron chi connectivity index (χ4n) is 2.92. The molecule has 1 aromatic carbocycles. The second kappa shape index (κ2) is 6.03. The number of para-hydroxylation sites is 1. The Bertz CT molecular complexity index is 584. The summed E-state index contributed by atoms with van der Waals surface area (Å²) in [7, 11) is 0. The van der Waals surface area contributed by atoms with Gasteiger partial charge in [0, 0.05) is 24.0 Å². The second-order valence-corrected chi connectivity index (χ2v) is 6.55. The van der Waals surface area contributed by atoms with E-state index in [1.165, 1.54) is 17.0 Å². The minimum absolute atomic E-state index is 0.234. The number of nitrogens with two attached hydrogens (primary N) is 1. The third-order valence-corrected chi connectivity index (χ3v) is 4.39. The van der Waals surface area contributed by atoms with Gasteiger partial charge in [0.15, 0.2) is 5.13 Å². The molecular weight excluding hydrogens is 282 g/mol. The first-order valence-corrected chi connectivity index (χ1v) is 8.19. The highest BCUT2D eigenvalue weighted by molar-refractivity contribution is 7.13. The Labute approximate surface area is 129 Å². The van der Waals surface area contributed by atoms with E-state index in [2.05, 4.69) is 53.4 Å². The maximum atomic E-state index is 6.02. The zero-order chi connectivity index (χ0) is 14.8. The van der Waals surface area contributed by atoms with Crippen molar-refractivity contribution < 1.29 is 4.74 Å². The van der Waals surface area contributed by atoms with Gasteiger partial charge in [0.2, 0.25) is 0 Å². The van der Waals surface area contributed by atoms with Gasteiger partial charge in [-0.1, -0.05) is 18.2 Å². The molecule has 0 radical (unpaired) electrons. The first-order chi connectivity index (χ1) is 10.1. The largest absolute Gasteiger partial charge is 0.375 e. The Morgan fingerprint density at radius 1 is 1.33 bits per heavy atom. The van der Waals surface area contributed by atoms with Gasteiger partial charge in [-0.2, -0.15) is 0 Å². The summed E-state index contributed by atoms with van der Waals surface area (Å²) < 4.78 is 6.02. The smallest absolute Gasteiger partial charge is 0.180 e. The third kappa shape index (κ3) is 3.19. The van der Waals surface area contributed by atoms with Crippen LogP contribution < -0.4 is 10.6 Å². The Hall–Kier alpha value is -1.59. The summed E-state index contributed by atoms with van der Waals surface area (Å²) in [6.45, 7) is 5.06. The average Bonchev–Trinajstić information content (AvgIpc) is 3.05. The number of nitrogens with zero attached hydrogens (tertiary/aromatic N) is 2. The number of hydrogen-bond acceptors (Lipinski definition) is 5. The number of nitrogen functional groups attached to an aromatic ring is 1. The molecule has 2 heterocycles. The summed E-state index contributed by atoms with van der Waals surface area (Å²) in [6, 6.07) is 10.7. The maximum absolute atomic E-state index is 6.02. The maximum Gasteiger partial charge on any atom is 0.180 e. The summed E-state index contributed by atoms with van der Waals surface area (Å²) in [6.07, 6.45) is 1.43. The number of rotatable bonds is 4. The van der Waals surface area contributed by atoms with Gasteiger partial charge in [0.05, 0.1) is 23.9 Å². The summed E-state index contributed by atoms with van der Waals surface area (Å²) in [5.74, 6) is 0. The van der Waals surface area contributed by atoms with Gasteiger partial charge < -0.3 is 15.4 Å². The number of anilines is 2. The lowest BCUT2D eigenvalue weighted by Crippen LogP contribution is -2.26.